The summed E-state index contributed by atoms with van der Waals surface area (Å²) < 4.78 is 5.74. The van der Waals surface area contributed by atoms with E-state index in [4.69, 9.17) is 33.7 Å². The molecule has 3 nitrogen and oxygen atoms in total. The van der Waals surface area contributed by atoms with Gasteiger partial charge in [-0.2, -0.15) is 0 Å². The fourth-order valence-corrected chi connectivity index (χ4v) is 3.23. The highest BCUT2D eigenvalue weighted by Gasteiger charge is 2.23. The van der Waals surface area contributed by atoms with E-state index >= 15 is 0 Å². The fraction of sp³-hybridized carbons (Fsp3) is 0.600. The molecule has 0 aromatic heterocycles. The number of nitrogens with zero attached hydrogens (tertiary/aromatic N) is 1. The Morgan fingerprint density at radius 3 is 2.38 bits per heavy atom. The minimum atomic E-state index is 0. The van der Waals surface area contributed by atoms with Crippen molar-refractivity contribution in [3.63, 3.8) is 0 Å². The van der Waals surface area contributed by atoms with E-state index < -0.39 is 0 Å². The van der Waals surface area contributed by atoms with Crippen LogP contribution in [0.15, 0.2) is 12.1 Å². The maximum atomic E-state index is 6.30. The van der Waals surface area contributed by atoms with Crippen molar-refractivity contribution in [1.29, 1.82) is 0 Å². The molecule has 0 bridgehead atoms. The lowest BCUT2D eigenvalue weighted by molar-refractivity contribution is 0.299. The second-order valence-electron chi connectivity index (χ2n) is 5.93. The van der Waals surface area contributed by atoms with Gasteiger partial charge in [0.15, 0.2) is 5.75 Å². The molecule has 118 valence electrons. The Morgan fingerprint density at radius 1 is 1.19 bits per heavy atom. The van der Waals surface area contributed by atoms with Crippen LogP contribution in [0, 0.1) is 5.92 Å². The van der Waals surface area contributed by atoms with Crippen molar-refractivity contribution in [2.24, 2.45) is 11.7 Å². The predicted octanol–water partition coefficient (Wildman–Crippen LogP) is 3.74. The van der Waals surface area contributed by atoms with Crippen LogP contribution in [0.5, 0.6) is 5.75 Å². The number of halogens is 3. The monoisotopic (exact) mass is 350 g/mol. The van der Waals surface area contributed by atoms with Crippen LogP contribution >= 0.6 is 35.6 Å². The van der Waals surface area contributed by atoms with Crippen LogP contribution in [0.25, 0.3) is 0 Å². The first-order valence-electron chi connectivity index (χ1n) is 7.20. The SMILES string of the molecule is Cl.N[C@H]1CCN(Cc2cc(Cl)c(OCC3CC3)c(Cl)c2)C1. The highest BCUT2D eigenvalue weighted by molar-refractivity contribution is 6.37. The molecular weight excluding hydrogens is 331 g/mol. The van der Waals surface area contributed by atoms with Crippen molar-refractivity contribution in [3.05, 3.63) is 27.7 Å². The maximum Gasteiger partial charge on any atom is 0.156 e. The minimum absolute atomic E-state index is 0. The molecule has 1 aromatic carbocycles. The summed E-state index contributed by atoms with van der Waals surface area (Å²) >= 11 is 12.6. The quantitative estimate of drug-likeness (QED) is 0.878. The minimum Gasteiger partial charge on any atom is -0.490 e. The van der Waals surface area contributed by atoms with Gasteiger partial charge < -0.3 is 10.5 Å². The molecule has 2 N–H and O–H groups in total. The molecule has 0 unspecified atom stereocenters. The lowest BCUT2D eigenvalue weighted by atomic mass is 10.2. The highest BCUT2D eigenvalue weighted by Crippen LogP contribution is 2.37. The summed E-state index contributed by atoms with van der Waals surface area (Å²) in [5.41, 5.74) is 7.04. The fourth-order valence-electron chi connectivity index (χ4n) is 2.59. The van der Waals surface area contributed by atoms with Gasteiger partial charge in [0.1, 0.15) is 0 Å². The molecule has 6 heteroatoms. The second-order valence-corrected chi connectivity index (χ2v) is 6.74. The topological polar surface area (TPSA) is 38.5 Å². The lowest BCUT2D eigenvalue weighted by Gasteiger charge is -2.17. The van der Waals surface area contributed by atoms with E-state index in [1.165, 1.54) is 12.8 Å². The Morgan fingerprint density at radius 2 is 1.86 bits per heavy atom. The number of rotatable bonds is 5. The molecule has 1 saturated heterocycles. The average Bonchev–Trinajstić information content (AvgIpc) is 3.11. The third-order valence-corrected chi connectivity index (χ3v) is 4.49. The number of benzene rings is 1. The third kappa shape index (κ3) is 4.64. The summed E-state index contributed by atoms with van der Waals surface area (Å²) in [4.78, 5) is 2.33. The average molecular weight is 352 g/mol. The molecule has 0 spiro atoms. The molecule has 1 heterocycles. The Balaban J connectivity index is 0.00000161. The normalized spacial score (nSPS) is 22.1. The van der Waals surface area contributed by atoms with Gasteiger partial charge in [-0.15, -0.1) is 12.4 Å². The molecule has 3 rings (SSSR count). The number of ether oxygens (including phenoxy) is 1. The second kappa shape index (κ2) is 7.38. The number of nitrogens with two attached hydrogens (primary N) is 1. The molecule has 21 heavy (non-hydrogen) atoms. The summed E-state index contributed by atoms with van der Waals surface area (Å²) in [5.74, 6) is 1.31. The van der Waals surface area contributed by atoms with Crippen molar-refractivity contribution < 1.29 is 4.74 Å². The molecule has 0 radical (unpaired) electrons. The molecule has 2 fully saturated rings. The van der Waals surface area contributed by atoms with Gasteiger partial charge in [0.25, 0.3) is 0 Å². The van der Waals surface area contributed by atoms with Crippen LogP contribution in [0.4, 0.5) is 0 Å². The van der Waals surface area contributed by atoms with Crippen molar-refractivity contribution in [3.8, 4) is 5.75 Å². The third-order valence-electron chi connectivity index (χ3n) is 3.93. The maximum absolute atomic E-state index is 6.30. The Labute approximate surface area is 142 Å². The number of hydrogen-bond acceptors (Lipinski definition) is 3. The molecule has 0 amide bonds. The largest absolute Gasteiger partial charge is 0.490 e. The molecular formula is C15H21Cl3N2O. The zero-order valence-corrected chi connectivity index (χ0v) is 14.2. The predicted molar refractivity (Wildman–Crippen MR) is 89.8 cm³/mol. The van der Waals surface area contributed by atoms with Crippen molar-refractivity contribution in [2.45, 2.75) is 31.8 Å². The molecule has 1 aromatic rings. The van der Waals surface area contributed by atoms with Crippen molar-refractivity contribution >= 4 is 35.6 Å². The number of likely N-dealkylation sites (tertiary alicyclic amines) is 1. The van der Waals surface area contributed by atoms with Crippen LogP contribution in [-0.4, -0.2) is 30.6 Å². The van der Waals surface area contributed by atoms with Crippen LogP contribution in [0.3, 0.4) is 0 Å². The molecule has 2 aliphatic rings. The molecule has 1 aliphatic heterocycles. The van der Waals surface area contributed by atoms with Gasteiger partial charge in [0.05, 0.1) is 16.7 Å². The van der Waals surface area contributed by atoms with Gasteiger partial charge in [-0.3, -0.25) is 4.90 Å². The van der Waals surface area contributed by atoms with E-state index in [1.54, 1.807) is 0 Å². The smallest absolute Gasteiger partial charge is 0.156 e. The van der Waals surface area contributed by atoms with Gasteiger partial charge in [-0.1, -0.05) is 23.2 Å². The Bertz CT molecular complexity index is 471. The van der Waals surface area contributed by atoms with E-state index in [-0.39, 0.29) is 12.4 Å². The van der Waals surface area contributed by atoms with Gasteiger partial charge in [-0.25, -0.2) is 0 Å². The van der Waals surface area contributed by atoms with E-state index in [9.17, 15) is 0 Å². The first-order valence-corrected chi connectivity index (χ1v) is 7.96. The van der Waals surface area contributed by atoms with Crippen LogP contribution in [-0.2, 0) is 6.54 Å². The van der Waals surface area contributed by atoms with Crippen molar-refractivity contribution in [2.75, 3.05) is 19.7 Å². The summed E-state index contributed by atoms with van der Waals surface area (Å²) in [5, 5.41) is 1.22. The van der Waals surface area contributed by atoms with E-state index in [0.717, 1.165) is 38.2 Å². The van der Waals surface area contributed by atoms with Gasteiger partial charge in [-0.05, 0) is 42.9 Å². The Hall–Kier alpha value is -0.190. The van der Waals surface area contributed by atoms with Gasteiger partial charge in [0, 0.05) is 25.7 Å². The highest BCUT2D eigenvalue weighted by atomic mass is 35.5. The van der Waals surface area contributed by atoms with E-state index in [0.29, 0.717) is 27.8 Å². The zero-order chi connectivity index (χ0) is 14.1. The first-order chi connectivity index (χ1) is 9.61. The Kier molecular flexibility index (Phi) is 6.04. The summed E-state index contributed by atoms with van der Waals surface area (Å²) in [7, 11) is 0. The standard InChI is InChI=1S/C15H20Cl2N2O.ClH/c16-13-5-11(7-19-4-3-12(18)8-19)6-14(17)15(13)20-9-10-1-2-10;/h5-6,10,12H,1-4,7-9,18H2;1H/t12-;/m0./s1. The summed E-state index contributed by atoms with van der Waals surface area (Å²) in [6, 6.07) is 4.21. The lowest BCUT2D eigenvalue weighted by Crippen LogP contribution is -2.26. The van der Waals surface area contributed by atoms with Crippen LogP contribution in [0.1, 0.15) is 24.8 Å². The molecule has 1 aliphatic carbocycles. The van der Waals surface area contributed by atoms with Crippen LogP contribution in [0.2, 0.25) is 10.0 Å². The molecule has 1 atom stereocenters. The van der Waals surface area contributed by atoms with Gasteiger partial charge in [0.2, 0.25) is 0 Å². The summed E-state index contributed by atoms with van der Waals surface area (Å²) in [6.45, 7) is 3.54. The number of hydrogen-bond donors (Lipinski definition) is 1. The summed E-state index contributed by atoms with van der Waals surface area (Å²) in [6.07, 6.45) is 3.56. The first kappa shape index (κ1) is 17.2. The molecule has 1 saturated carbocycles. The van der Waals surface area contributed by atoms with Crippen molar-refractivity contribution in [1.82, 2.24) is 4.90 Å². The van der Waals surface area contributed by atoms with Gasteiger partial charge >= 0.3 is 0 Å². The zero-order valence-electron chi connectivity index (χ0n) is 11.9. The van der Waals surface area contributed by atoms with Crippen LogP contribution < -0.4 is 10.5 Å². The van der Waals surface area contributed by atoms with E-state index in [1.807, 2.05) is 12.1 Å². The van der Waals surface area contributed by atoms with E-state index in [2.05, 4.69) is 4.90 Å².